The summed E-state index contributed by atoms with van der Waals surface area (Å²) in [7, 11) is 0. The van der Waals surface area contributed by atoms with E-state index in [-0.39, 0.29) is 11.9 Å². The van der Waals surface area contributed by atoms with Crippen LogP contribution in [0.25, 0.3) is 11.3 Å². The third kappa shape index (κ3) is 3.47. The van der Waals surface area contributed by atoms with E-state index in [1.54, 1.807) is 46.0 Å². The Labute approximate surface area is 173 Å². The zero-order valence-corrected chi connectivity index (χ0v) is 16.4. The zero-order chi connectivity index (χ0) is 20.5. The highest BCUT2D eigenvalue weighted by Gasteiger charge is 2.31. The summed E-state index contributed by atoms with van der Waals surface area (Å²) in [5.41, 5.74) is 3.69. The first-order chi connectivity index (χ1) is 14.0. The van der Waals surface area contributed by atoms with Crippen LogP contribution in [0.1, 0.15) is 40.1 Å². The van der Waals surface area contributed by atoms with Crippen molar-refractivity contribution in [2.75, 3.05) is 6.54 Å². The van der Waals surface area contributed by atoms with Gasteiger partial charge in [-0.15, -0.1) is 0 Å². The highest BCUT2D eigenvalue weighted by Crippen LogP contribution is 2.30. The molecular weight excluding hydrogens is 386 g/mol. The van der Waals surface area contributed by atoms with Gasteiger partial charge in [0.05, 0.1) is 35.0 Å². The van der Waals surface area contributed by atoms with Gasteiger partial charge in [-0.3, -0.25) is 9.48 Å². The van der Waals surface area contributed by atoms with Crippen LogP contribution in [0.15, 0.2) is 48.5 Å². The summed E-state index contributed by atoms with van der Waals surface area (Å²) in [5.74, 6) is -0.112. The number of carbonyl (C=O) groups excluding carboxylic acids is 1. The largest absolute Gasteiger partial charge is 0.331 e. The van der Waals surface area contributed by atoms with Crippen molar-refractivity contribution in [1.29, 1.82) is 10.5 Å². The van der Waals surface area contributed by atoms with E-state index in [1.165, 1.54) is 0 Å². The van der Waals surface area contributed by atoms with Gasteiger partial charge in [0.2, 0.25) is 0 Å². The van der Waals surface area contributed by atoms with Crippen molar-refractivity contribution in [2.24, 2.45) is 0 Å². The minimum Gasteiger partial charge on any atom is -0.331 e. The maximum atomic E-state index is 13.1. The molecular formula is C22H16ClN5O. The van der Waals surface area contributed by atoms with Crippen molar-refractivity contribution in [3.05, 3.63) is 75.9 Å². The average Bonchev–Trinajstić information content (AvgIpc) is 3.18. The van der Waals surface area contributed by atoms with E-state index in [0.29, 0.717) is 46.2 Å². The van der Waals surface area contributed by atoms with Gasteiger partial charge in [0.1, 0.15) is 5.69 Å². The normalized spacial score (nSPS) is 15.5. The number of fused-ring (bicyclic) bond motifs is 1. The first-order valence-electron chi connectivity index (χ1n) is 9.08. The van der Waals surface area contributed by atoms with Gasteiger partial charge in [0, 0.05) is 23.7 Å². The highest BCUT2D eigenvalue weighted by molar-refractivity contribution is 6.30. The summed E-state index contributed by atoms with van der Waals surface area (Å²) in [5, 5.41) is 23.4. The molecule has 0 saturated heterocycles. The van der Waals surface area contributed by atoms with Gasteiger partial charge < -0.3 is 4.90 Å². The van der Waals surface area contributed by atoms with Crippen LogP contribution in [0.5, 0.6) is 0 Å². The third-order valence-electron chi connectivity index (χ3n) is 4.98. The first kappa shape index (κ1) is 18.7. The number of nitrogens with zero attached hydrogens (tertiary/aromatic N) is 5. The molecule has 1 atom stereocenters. The van der Waals surface area contributed by atoms with E-state index < -0.39 is 0 Å². The number of hydrogen-bond acceptors (Lipinski definition) is 4. The predicted molar refractivity (Wildman–Crippen MR) is 108 cm³/mol. The molecule has 0 bridgehead atoms. The molecule has 0 fully saturated rings. The topological polar surface area (TPSA) is 85.7 Å². The molecule has 2 heterocycles. The number of aromatic nitrogens is 2. The Hall–Kier alpha value is -3.61. The molecule has 1 aliphatic rings. The van der Waals surface area contributed by atoms with Gasteiger partial charge in [0.15, 0.2) is 0 Å². The van der Waals surface area contributed by atoms with E-state index in [2.05, 4.69) is 17.2 Å². The van der Waals surface area contributed by atoms with Crippen LogP contribution < -0.4 is 0 Å². The fraction of sp³-hybridized carbons (Fsp3) is 0.182. The Morgan fingerprint density at radius 1 is 1.14 bits per heavy atom. The molecule has 4 rings (SSSR count). The number of amides is 1. The standard InChI is InChI=1S/C22H16ClN5O/c1-14-12-27(13-16-4-2-15(10-24)3-5-16)22(29)21-9-20(26-28(14)21)19-7-6-18(23)8-17(19)11-25/h2-9,14H,12-13H2,1H3/t14-/m0/s1. The summed E-state index contributed by atoms with van der Waals surface area (Å²) >= 11 is 5.99. The van der Waals surface area contributed by atoms with Crippen LogP contribution in [0.4, 0.5) is 0 Å². The highest BCUT2D eigenvalue weighted by atomic mass is 35.5. The molecule has 0 radical (unpaired) electrons. The number of nitriles is 2. The lowest BCUT2D eigenvalue weighted by molar-refractivity contribution is 0.0651. The Morgan fingerprint density at radius 2 is 1.90 bits per heavy atom. The smallest absolute Gasteiger partial charge is 0.272 e. The molecule has 0 unspecified atom stereocenters. The molecule has 0 aliphatic carbocycles. The van der Waals surface area contributed by atoms with E-state index in [1.807, 2.05) is 19.1 Å². The number of carbonyl (C=O) groups is 1. The summed E-state index contributed by atoms with van der Waals surface area (Å²) in [6.45, 7) is 2.99. The van der Waals surface area contributed by atoms with Crippen molar-refractivity contribution < 1.29 is 4.79 Å². The minimum absolute atomic E-state index is 0.00679. The Balaban J connectivity index is 1.65. The average molecular weight is 402 g/mol. The van der Waals surface area contributed by atoms with Crippen LogP contribution in [0.3, 0.4) is 0 Å². The molecule has 7 heteroatoms. The van der Waals surface area contributed by atoms with Crippen LogP contribution in [0, 0.1) is 22.7 Å². The van der Waals surface area contributed by atoms with Crippen LogP contribution in [0.2, 0.25) is 5.02 Å². The second kappa shape index (κ2) is 7.43. The van der Waals surface area contributed by atoms with Gasteiger partial charge in [-0.25, -0.2) is 0 Å². The molecule has 6 nitrogen and oxygen atoms in total. The summed E-state index contributed by atoms with van der Waals surface area (Å²) < 4.78 is 1.72. The lowest BCUT2D eigenvalue weighted by atomic mass is 10.0. The van der Waals surface area contributed by atoms with E-state index in [0.717, 1.165) is 5.56 Å². The molecule has 1 aromatic heterocycles. The van der Waals surface area contributed by atoms with Gasteiger partial charge in [-0.2, -0.15) is 15.6 Å². The molecule has 0 saturated carbocycles. The van der Waals surface area contributed by atoms with Gasteiger partial charge >= 0.3 is 0 Å². The summed E-state index contributed by atoms with van der Waals surface area (Å²) in [6, 6.07) is 18.2. The predicted octanol–water partition coefficient (Wildman–Crippen LogP) is 4.16. The number of hydrogen-bond donors (Lipinski definition) is 0. The van der Waals surface area contributed by atoms with Crippen LogP contribution in [-0.2, 0) is 6.54 Å². The number of benzene rings is 2. The Bertz CT molecular complexity index is 1180. The number of halogens is 1. The lowest BCUT2D eigenvalue weighted by Gasteiger charge is -2.31. The SMILES string of the molecule is C[C@H]1CN(Cc2ccc(C#N)cc2)C(=O)c2cc(-c3ccc(Cl)cc3C#N)nn21. The molecule has 142 valence electrons. The maximum Gasteiger partial charge on any atom is 0.272 e. The maximum absolute atomic E-state index is 13.1. The molecule has 2 aromatic carbocycles. The van der Waals surface area contributed by atoms with Gasteiger partial charge in [-0.1, -0.05) is 23.7 Å². The molecule has 1 aliphatic heterocycles. The second-order valence-corrected chi connectivity index (χ2v) is 7.44. The lowest BCUT2D eigenvalue weighted by Crippen LogP contribution is -2.41. The fourth-order valence-corrected chi connectivity index (χ4v) is 3.71. The van der Waals surface area contributed by atoms with Crippen LogP contribution >= 0.6 is 11.6 Å². The zero-order valence-electron chi connectivity index (χ0n) is 15.6. The monoisotopic (exact) mass is 401 g/mol. The van der Waals surface area contributed by atoms with E-state index in [9.17, 15) is 10.1 Å². The van der Waals surface area contributed by atoms with Crippen molar-refractivity contribution in [3.63, 3.8) is 0 Å². The third-order valence-corrected chi connectivity index (χ3v) is 5.21. The fourth-order valence-electron chi connectivity index (χ4n) is 3.54. The first-order valence-corrected chi connectivity index (χ1v) is 9.46. The van der Waals surface area contributed by atoms with Crippen molar-refractivity contribution in [2.45, 2.75) is 19.5 Å². The molecule has 3 aromatic rings. The Kier molecular flexibility index (Phi) is 4.80. The molecule has 29 heavy (non-hydrogen) atoms. The molecule has 1 amide bonds. The van der Waals surface area contributed by atoms with Crippen molar-refractivity contribution in [3.8, 4) is 23.4 Å². The Morgan fingerprint density at radius 3 is 2.59 bits per heavy atom. The van der Waals surface area contributed by atoms with Crippen molar-refractivity contribution in [1.82, 2.24) is 14.7 Å². The molecule has 0 spiro atoms. The second-order valence-electron chi connectivity index (χ2n) is 7.00. The van der Waals surface area contributed by atoms with E-state index in [4.69, 9.17) is 16.9 Å². The van der Waals surface area contributed by atoms with E-state index >= 15 is 0 Å². The van der Waals surface area contributed by atoms with Crippen LogP contribution in [-0.4, -0.2) is 27.1 Å². The summed E-state index contributed by atoms with van der Waals surface area (Å²) in [6.07, 6.45) is 0. The summed E-state index contributed by atoms with van der Waals surface area (Å²) in [4.78, 5) is 14.8. The quantitative estimate of drug-likeness (QED) is 0.659. The number of rotatable bonds is 3. The van der Waals surface area contributed by atoms with Crippen molar-refractivity contribution >= 4 is 17.5 Å². The molecule has 0 N–H and O–H groups in total. The van der Waals surface area contributed by atoms with Gasteiger partial charge in [0.25, 0.3) is 5.91 Å². The van der Waals surface area contributed by atoms with Gasteiger partial charge in [-0.05, 0) is 48.9 Å². The minimum atomic E-state index is -0.112.